The molecule has 0 aliphatic rings. The van der Waals surface area contributed by atoms with Gasteiger partial charge in [0.25, 0.3) is 0 Å². The molecular formula is C16H21ClN4O3. The number of halogens is 1. The van der Waals surface area contributed by atoms with E-state index in [1.807, 2.05) is 13.8 Å². The number of urea groups is 1. The van der Waals surface area contributed by atoms with Gasteiger partial charge in [0.2, 0.25) is 5.89 Å². The van der Waals surface area contributed by atoms with Crippen molar-refractivity contribution in [3.8, 4) is 5.75 Å². The highest BCUT2D eigenvalue weighted by Gasteiger charge is 2.09. The Kier molecular flexibility index (Phi) is 6.87. The number of benzene rings is 1. The fraction of sp³-hybridized carbons (Fsp3) is 0.438. The number of nitrogens with one attached hydrogen (secondary N) is 2. The van der Waals surface area contributed by atoms with E-state index in [2.05, 4.69) is 20.8 Å². The summed E-state index contributed by atoms with van der Waals surface area (Å²) in [6.07, 6.45) is 0.494. The maximum Gasteiger partial charge on any atom is 0.314 e. The van der Waals surface area contributed by atoms with Gasteiger partial charge in [-0.2, -0.15) is 4.98 Å². The molecule has 0 unspecified atom stereocenters. The summed E-state index contributed by atoms with van der Waals surface area (Å²) in [6, 6.07) is 6.79. The van der Waals surface area contributed by atoms with Crippen molar-refractivity contribution in [3.63, 3.8) is 0 Å². The lowest BCUT2D eigenvalue weighted by Gasteiger charge is -2.08. The molecule has 0 atom stereocenters. The number of nitrogens with zero attached hydrogens (tertiary/aromatic N) is 2. The topological polar surface area (TPSA) is 89.3 Å². The molecule has 0 spiro atoms. The van der Waals surface area contributed by atoms with Crippen LogP contribution in [0.25, 0.3) is 0 Å². The number of ether oxygens (including phenoxy) is 1. The van der Waals surface area contributed by atoms with Crippen molar-refractivity contribution in [3.05, 3.63) is 41.0 Å². The molecule has 1 heterocycles. The Morgan fingerprint density at radius 2 is 1.96 bits per heavy atom. The molecule has 0 aliphatic heterocycles. The lowest BCUT2D eigenvalue weighted by atomic mass is 10.2. The molecule has 0 bridgehead atoms. The van der Waals surface area contributed by atoms with Gasteiger partial charge in [-0.3, -0.25) is 0 Å². The number of carbonyl (C=O) groups excluding carboxylic acids is 1. The molecular weight excluding hydrogens is 332 g/mol. The van der Waals surface area contributed by atoms with Crippen molar-refractivity contribution < 1.29 is 14.1 Å². The van der Waals surface area contributed by atoms with Gasteiger partial charge in [0.05, 0.1) is 6.54 Å². The molecule has 8 heteroatoms. The number of carbonyl (C=O) groups is 1. The molecule has 0 saturated heterocycles. The quantitative estimate of drug-likeness (QED) is 0.713. The van der Waals surface area contributed by atoms with Crippen LogP contribution in [0.3, 0.4) is 0 Å². The molecule has 2 N–H and O–H groups in total. The summed E-state index contributed by atoms with van der Waals surface area (Å²) < 4.78 is 10.6. The van der Waals surface area contributed by atoms with Gasteiger partial charge in [-0.25, -0.2) is 4.79 Å². The van der Waals surface area contributed by atoms with Crippen LogP contribution >= 0.6 is 11.6 Å². The third kappa shape index (κ3) is 6.08. The second-order valence-corrected chi connectivity index (χ2v) is 5.87. The van der Waals surface area contributed by atoms with Crippen LogP contribution < -0.4 is 15.4 Å². The molecule has 130 valence electrons. The Morgan fingerprint density at radius 3 is 2.62 bits per heavy atom. The van der Waals surface area contributed by atoms with Crippen molar-refractivity contribution in [2.75, 3.05) is 19.7 Å². The van der Waals surface area contributed by atoms with Crippen LogP contribution in [0.2, 0.25) is 5.02 Å². The van der Waals surface area contributed by atoms with E-state index in [9.17, 15) is 4.79 Å². The summed E-state index contributed by atoms with van der Waals surface area (Å²) in [5, 5.41) is 9.95. The van der Waals surface area contributed by atoms with Crippen LogP contribution in [0.15, 0.2) is 28.8 Å². The summed E-state index contributed by atoms with van der Waals surface area (Å²) in [6.45, 7) is 5.17. The Hall–Kier alpha value is -2.28. The molecule has 1 aromatic heterocycles. The Labute approximate surface area is 145 Å². The van der Waals surface area contributed by atoms with E-state index in [-0.39, 0.29) is 11.9 Å². The molecule has 2 amide bonds. The Morgan fingerprint density at radius 1 is 1.25 bits per heavy atom. The van der Waals surface area contributed by atoms with Gasteiger partial charge in [-0.05, 0) is 24.3 Å². The maximum atomic E-state index is 11.6. The molecule has 2 rings (SSSR count). The van der Waals surface area contributed by atoms with Gasteiger partial charge < -0.3 is 19.9 Å². The van der Waals surface area contributed by atoms with Crippen molar-refractivity contribution in [2.45, 2.75) is 26.2 Å². The summed E-state index contributed by atoms with van der Waals surface area (Å²) >= 11 is 5.79. The largest absolute Gasteiger partial charge is 0.492 e. The highest BCUT2D eigenvalue weighted by Crippen LogP contribution is 2.15. The minimum atomic E-state index is -0.265. The van der Waals surface area contributed by atoms with E-state index in [4.69, 9.17) is 20.9 Å². The zero-order chi connectivity index (χ0) is 17.4. The lowest BCUT2D eigenvalue weighted by molar-refractivity contribution is 0.236. The van der Waals surface area contributed by atoms with Gasteiger partial charge in [0.15, 0.2) is 5.82 Å². The first kappa shape index (κ1) is 18.1. The molecule has 0 saturated carbocycles. The van der Waals surface area contributed by atoms with Gasteiger partial charge in [0.1, 0.15) is 12.4 Å². The molecule has 0 fully saturated rings. The number of rotatable bonds is 8. The second-order valence-electron chi connectivity index (χ2n) is 5.44. The highest BCUT2D eigenvalue weighted by molar-refractivity contribution is 6.30. The number of hydrogen-bond donors (Lipinski definition) is 2. The maximum absolute atomic E-state index is 11.6. The predicted octanol–water partition coefficient (Wildman–Crippen LogP) is 2.77. The zero-order valence-electron chi connectivity index (χ0n) is 13.7. The predicted molar refractivity (Wildman–Crippen MR) is 90.4 cm³/mol. The zero-order valence-corrected chi connectivity index (χ0v) is 14.5. The lowest BCUT2D eigenvalue weighted by Crippen LogP contribution is -2.38. The van der Waals surface area contributed by atoms with Crippen LogP contribution in [0.5, 0.6) is 5.75 Å². The highest BCUT2D eigenvalue weighted by atomic mass is 35.5. The monoisotopic (exact) mass is 352 g/mol. The first-order valence-electron chi connectivity index (χ1n) is 7.77. The van der Waals surface area contributed by atoms with E-state index < -0.39 is 0 Å². The number of aromatic nitrogens is 2. The summed E-state index contributed by atoms with van der Waals surface area (Å²) in [4.78, 5) is 15.9. The van der Waals surface area contributed by atoms with E-state index in [1.165, 1.54) is 0 Å². The van der Waals surface area contributed by atoms with Crippen LogP contribution in [-0.4, -0.2) is 35.9 Å². The average molecular weight is 353 g/mol. The minimum Gasteiger partial charge on any atom is -0.492 e. The summed E-state index contributed by atoms with van der Waals surface area (Å²) in [5.41, 5.74) is 0. The fourth-order valence-corrected chi connectivity index (χ4v) is 1.94. The van der Waals surface area contributed by atoms with Gasteiger partial charge in [-0.15, -0.1) is 0 Å². The average Bonchev–Trinajstić information content (AvgIpc) is 3.02. The molecule has 7 nitrogen and oxygen atoms in total. The van der Waals surface area contributed by atoms with Crippen LogP contribution in [0.4, 0.5) is 4.79 Å². The Bertz CT molecular complexity index is 643. The summed E-state index contributed by atoms with van der Waals surface area (Å²) in [7, 11) is 0. The molecule has 0 aliphatic carbocycles. The van der Waals surface area contributed by atoms with E-state index in [1.54, 1.807) is 24.3 Å². The third-order valence-electron chi connectivity index (χ3n) is 3.09. The van der Waals surface area contributed by atoms with Crippen LogP contribution in [-0.2, 0) is 6.42 Å². The van der Waals surface area contributed by atoms with Gasteiger partial charge in [-0.1, -0.05) is 30.6 Å². The second kappa shape index (κ2) is 9.12. The normalized spacial score (nSPS) is 10.7. The van der Waals surface area contributed by atoms with E-state index in [0.717, 1.165) is 0 Å². The molecule has 0 radical (unpaired) electrons. The fourth-order valence-electron chi connectivity index (χ4n) is 1.81. The standard InChI is InChI=1S/C16H21ClN4O3/c1-11(2)15-20-14(24-21-15)7-8-18-16(22)19-9-10-23-13-5-3-12(17)4-6-13/h3-6,11H,7-10H2,1-2H3,(H2,18,19,22). The molecule has 2 aromatic rings. The van der Waals surface area contributed by atoms with Gasteiger partial charge in [0, 0.05) is 23.9 Å². The smallest absolute Gasteiger partial charge is 0.314 e. The van der Waals surface area contributed by atoms with Crippen molar-refractivity contribution in [2.24, 2.45) is 0 Å². The SMILES string of the molecule is CC(C)c1noc(CCNC(=O)NCCOc2ccc(Cl)cc2)n1. The van der Waals surface area contributed by atoms with Crippen molar-refractivity contribution >= 4 is 17.6 Å². The first-order valence-corrected chi connectivity index (χ1v) is 8.15. The minimum absolute atomic E-state index is 0.222. The van der Waals surface area contributed by atoms with Gasteiger partial charge >= 0.3 is 6.03 Å². The molecule has 1 aromatic carbocycles. The summed E-state index contributed by atoms with van der Waals surface area (Å²) in [5.74, 6) is 2.12. The number of amides is 2. The Balaban J connectivity index is 1.57. The van der Waals surface area contributed by atoms with E-state index in [0.29, 0.717) is 48.6 Å². The van der Waals surface area contributed by atoms with Crippen molar-refractivity contribution in [1.29, 1.82) is 0 Å². The van der Waals surface area contributed by atoms with E-state index >= 15 is 0 Å². The van der Waals surface area contributed by atoms with Crippen LogP contribution in [0.1, 0.15) is 31.5 Å². The van der Waals surface area contributed by atoms with Crippen molar-refractivity contribution in [1.82, 2.24) is 20.8 Å². The van der Waals surface area contributed by atoms with Crippen LogP contribution in [0, 0.1) is 0 Å². The third-order valence-corrected chi connectivity index (χ3v) is 3.35. The first-order chi connectivity index (χ1) is 11.5. The number of hydrogen-bond acceptors (Lipinski definition) is 5. The molecule has 24 heavy (non-hydrogen) atoms.